The van der Waals surface area contributed by atoms with Gasteiger partial charge in [-0.1, -0.05) is 24.3 Å². The topological polar surface area (TPSA) is 108 Å². The number of nitrogens with zero attached hydrogens (tertiary/aromatic N) is 3. The highest BCUT2D eigenvalue weighted by atomic mass is 32.2. The number of hydrogen-bond acceptors (Lipinski definition) is 7. The molecule has 1 fully saturated rings. The molecule has 33 heavy (non-hydrogen) atoms. The van der Waals surface area contributed by atoms with E-state index in [1.807, 2.05) is 30.3 Å². The second-order valence-corrected chi connectivity index (χ2v) is 10.1. The average molecular weight is 465 g/mol. The molecule has 2 aliphatic heterocycles. The molecule has 3 heterocycles. The van der Waals surface area contributed by atoms with Crippen molar-refractivity contribution in [3.63, 3.8) is 0 Å². The molecule has 1 saturated heterocycles. The van der Waals surface area contributed by atoms with Gasteiger partial charge in [-0.15, -0.1) is 0 Å². The first-order chi connectivity index (χ1) is 16.0. The van der Waals surface area contributed by atoms with E-state index in [0.29, 0.717) is 37.5 Å². The summed E-state index contributed by atoms with van der Waals surface area (Å²) in [7, 11) is -3.63. The molecule has 5 rings (SSSR count). The number of ether oxygens (including phenoxy) is 1. The Labute approximate surface area is 192 Å². The number of anilines is 1. The third kappa shape index (κ3) is 4.37. The maximum absolute atomic E-state index is 13.2. The Hall–Kier alpha value is -3.19. The summed E-state index contributed by atoms with van der Waals surface area (Å²) in [6.07, 6.45) is 2.78. The number of nitrogens with one attached hydrogen (secondary N) is 1. The van der Waals surface area contributed by atoms with E-state index in [0.717, 1.165) is 25.0 Å². The number of sulfonamides is 1. The summed E-state index contributed by atoms with van der Waals surface area (Å²) in [6, 6.07) is 16.4. The highest BCUT2D eigenvalue weighted by Crippen LogP contribution is 2.29. The van der Waals surface area contributed by atoms with Crippen molar-refractivity contribution in [3.8, 4) is 17.5 Å². The Morgan fingerprint density at radius 2 is 1.94 bits per heavy atom. The minimum Gasteiger partial charge on any atom is -0.419 e. The largest absolute Gasteiger partial charge is 0.419 e. The Kier molecular flexibility index (Phi) is 5.89. The lowest BCUT2D eigenvalue weighted by Gasteiger charge is -2.28. The minimum absolute atomic E-state index is 0.0938. The van der Waals surface area contributed by atoms with Crippen LogP contribution >= 0.6 is 0 Å². The molecule has 0 aliphatic carbocycles. The molecule has 0 amide bonds. The number of aromatic nitrogens is 1. The van der Waals surface area contributed by atoms with Crippen LogP contribution in [0, 0.1) is 11.3 Å². The summed E-state index contributed by atoms with van der Waals surface area (Å²) in [5.74, 6) is 0.559. The highest BCUT2D eigenvalue weighted by molar-refractivity contribution is 7.89. The summed E-state index contributed by atoms with van der Waals surface area (Å²) in [4.78, 5) is 4.48. The third-order valence-electron chi connectivity index (χ3n) is 6.08. The number of fused-ring (bicyclic) bond motifs is 1. The monoisotopic (exact) mass is 464 g/mol. The zero-order chi connectivity index (χ0) is 22.8. The molecule has 2 aliphatic rings. The molecule has 170 valence electrons. The molecule has 0 unspecified atom stereocenters. The van der Waals surface area contributed by atoms with Gasteiger partial charge >= 0.3 is 0 Å². The van der Waals surface area contributed by atoms with Gasteiger partial charge in [-0.05, 0) is 54.7 Å². The molecule has 0 radical (unpaired) electrons. The number of nitriles is 1. The summed E-state index contributed by atoms with van der Waals surface area (Å²) in [6.45, 7) is 2.11. The van der Waals surface area contributed by atoms with Crippen molar-refractivity contribution < 1.29 is 17.6 Å². The lowest BCUT2D eigenvalue weighted by Crippen LogP contribution is -2.35. The van der Waals surface area contributed by atoms with Gasteiger partial charge < -0.3 is 14.5 Å². The predicted octanol–water partition coefficient (Wildman–Crippen LogP) is 3.55. The van der Waals surface area contributed by atoms with Crippen LogP contribution < -0.4 is 5.32 Å². The van der Waals surface area contributed by atoms with Crippen LogP contribution in [0.3, 0.4) is 0 Å². The van der Waals surface area contributed by atoms with Gasteiger partial charge in [0.15, 0.2) is 0 Å². The molecule has 1 atom stereocenters. The number of oxazole rings is 1. The number of hydrogen-bond donors (Lipinski definition) is 1. The van der Waals surface area contributed by atoms with Gasteiger partial charge in [-0.25, -0.2) is 8.42 Å². The Balaban J connectivity index is 1.33. The molecular weight excluding hydrogens is 440 g/mol. The third-order valence-corrected chi connectivity index (χ3v) is 7.94. The van der Waals surface area contributed by atoms with Crippen molar-refractivity contribution in [2.24, 2.45) is 0 Å². The normalized spacial score (nSPS) is 18.6. The van der Waals surface area contributed by atoms with E-state index in [2.05, 4.69) is 10.3 Å². The summed E-state index contributed by atoms with van der Waals surface area (Å²) in [5.41, 5.74) is 2.99. The van der Waals surface area contributed by atoms with Gasteiger partial charge in [0.05, 0.1) is 11.0 Å². The van der Waals surface area contributed by atoms with Crippen LogP contribution in [0.25, 0.3) is 11.5 Å². The maximum Gasteiger partial charge on any atom is 0.243 e. The van der Waals surface area contributed by atoms with Gasteiger partial charge in [-0.2, -0.15) is 14.6 Å². The molecule has 2 aromatic carbocycles. The van der Waals surface area contributed by atoms with E-state index in [-0.39, 0.29) is 22.6 Å². The predicted molar refractivity (Wildman–Crippen MR) is 122 cm³/mol. The van der Waals surface area contributed by atoms with Crippen molar-refractivity contribution in [2.75, 3.05) is 25.0 Å². The molecule has 0 bridgehead atoms. The van der Waals surface area contributed by atoms with Crippen LogP contribution in [-0.2, 0) is 27.7 Å². The maximum atomic E-state index is 13.2. The molecule has 8 nitrogen and oxygen atoms in total. The van der Waals surface area contributed by atoms with E-state index in [4.69, 9.17) is 9.15 Å². The summed E-state index contributed by atoms with van der Waals surface area (Å²) in [5, 5.41) is 12.5. The van der Waals surface area contributed by atoms with Crippen molar-refractivity contribution >= 4 is 15.9 Å². The van der Waals surface area contributed by atoms with E-state index in [1.54, 1.807) is 24.3 Å². The van der Waals surface area contributed by atoms with Crippen LogP contribution in [0.2, 0.25) is 0 Å². The molecule has 0 saturated carbocycles. The Morgan fingerprint density at radius 3 is 2.67 bits per heavy atom. The van der Waals surface area contributed by atoms with Gasteiger partial charge in [0.2, 0.25) is 27.5 Å². The van der Waals surface area contributed by atoms with E-state index in [9.17, 15) is 13.7 Å². The minimum atomic E-state index is -3.63. The van der Waals surface area contributed by atoms with Gasteiger partial charge in [0, 0.05) is 31.8 Å². The standard InChI is InChI=1S/C24H24N4O4S/c25-14-22-24(26-15-20-6-3-13-31-20)32-23(27-22)18-7-9-21(10-8-18)33(29,30)28-12-11-17-4-1-2-5-19(17)16-28/h1-2,4-5,7-10,20,26H,3,6,11-13,15-16H2/t20-/m0/s1. The van der Waals surface area contributed by atoms with Crippen molar-refractivity contribution in [2.45, 2.75) is 36.8 Å². The Morgan fingerprint density at radius 1 is 1.15 bits per heavy atom. The second kappa shape index (κ2) is 8.98. The van der Waals surface area contributed by atoms with Crippen molar-refractivity contribution in [1.82, 2.24) is 9.29 Å². The van der Waals surface area contributed by atoms with E-state index < -0.39 is 10.0 Å². The van der Waals surface area contributed by atoms with Crippen molar-refractivity contribution in [3.05, 3.63) is 65.4 Å². The molecule has 0 spiro atoms. The lowest BCUT2D eigenvalue weighted by molar-refractivity contribution is 0.120. The summed E-state index contributed by atoms with van der Waals surface area (Å²) >= 11 is 0. The zero-order valence-electron chi connectivity index (χ0n) is 18.0. The number of rotatable bonds is 6. The fraction of sp³-hybridized carbons (Fsp3) is 0.333. The van der Waals surface area contributed by atoms with Crippen LogP contribution in [0.4, 0.5) is 5.88 Å². The first kappa shape index (κ1) is 21.6. The van der Waals surface area contributed by atoms with Gasteiger partial charge in [-0.3, -0.25) is 0 Å². The molecule has 1 aromatic heterocycles. The number of benzene rings is 2. The zero-order valence-corrected chi connectivity index (χ0v) is 18.8. The quantitative estimate of drug-likeness (QED) is 0.594. The van der Waals surface area contributed by atoms with Crippen LogP contribution in [0.5, 0.6) is 0 Å². The fourth-order valence-corrected chi connectivity index (χ4v) is 5.66. The molecule has 9 heteroatoms. The van der Waals surface area contributed by atoms with Gasteiger partial charge in [0.25, 0.3) is 0 Å². The molecule has 1 N–H and O–H groups in total. The first-order valence-corrected chi connectivity index (χ1v) is 12.4. The van der Waals surface area contributed by atoms with Crippen molar-refractivity contribution in [1.29, 1.82) is 5.26 Å². The fourth-order valence-electron chi connectivity index (χ4n) is 4.24. The average Bonchev–Trinajstić information content (AvgIpc) is 3.52. The first-order valence-electron chi connectivity index (χ1n) is 11.0. The van der Waals surface area contributed by atoms with E-state index >= 15 is 0 Å². The smallest absolute Gasteiger partial charge is 0.243 e. The van der Waals surface area contributed by atoms with Crippen LogP contribution in [-0.4, -0.2) is 43.5 Å². The molecule has 3 aromatic rings. The second-order valence-electron chi connectivity index (χ2n) is 8.21. The van der Waals surface area contributed by atoms with Crippen LogP contribution in [0.1, 0.15) is 29.7 Å². The Bertz CT molecular complexity index is 1290. The van der Waals surface area contributed by atoms with E-state index in [1.165, 1.54) is 9.87 Å². The summed E-state index contributed by atoms with van der Waals surface area (Å²) < 4.78 is 39.2. The molecular formula is C24H24N4O4S. The van der Waals surface area contributed by atoms with Crippen LogP contribution in [0.15, 0.2) is 57.8 Å². The SMILES string of the molecule is N#Cc1nc(-c2ccc(S(=O)(=O)N3CCc4ccccc4C3)cc2)oc1NC[C@@H]1CCCO1. The lowest BCUT2D eigenvalue weighted by atomic mass is 10.0. The van der Waals surface area contributed by atoms with Gasteiger partial charge in [0.1, 0.15) is 6.07 Å². The highest BCUT2D eigenvalue weighted by Gasteiger charge is 2.28.